The highest BCUT2D eigenvalue weighted by Crippen LogP contribution is 2.04. The predicted molar refractivity (Wildman–Crippen MR) is 65.6 cm³/mol. The normalized spacial score (nSPS) is 14.0. The lowest BCUT2D eigenvalue weighted by Gasteiger charge is -2.09. The summed E-state index contributed by atoms with van der Waals surface area (Å²) in [5.41, 5.74) is -0.0846. The van der Waals surface area contributed by atoms with E-state index in [2.05, 4.69) is 15.5 Å². The molecular weight excluding hydrogens is 242 g/mol. The van der Waals surface area contributed by atoms with Gasteiger partial charge in [-0.1, -0.05) is 6.92 Å². The summed E-state index contributed by atoms with van der Waals surface area (Å²) in [5, 5.41) is 19.0. The third-order valence-electron chi connectivity index (χ3n) is 2.31. The van der Waals surface area contributed by atoms with Crippen molar-refractivity contribution in [2.24, 2.45) is 0 Å². The van der Waals surface area contributed by atoms with Gasteiger partial charge in [-0.3, -0.25) is 4.21 Å². The lowest BCUT2D eigenvalue weighted by molar-refractivity contribution is 0.0689. The molecule has 0 aliphatic carbocycles. The Labute approximate surface area is 102 Å². The number of carbonyl (C=O) groups is 1. The van der Waals surface area contributed by atoms with E-state index < -0.39 is 16.8 Å². The van der Waals surface area contributed by atoms with Gasteiger partial charge in [-0.05, 0) is 18.6 Å². The molecule has 0 fully saturated rings. The van der Waals surface area contributed by atoms with Gasteiger partial charge in [0.15, 0.2) is 5.69 Å². The summed E-state index contributed by atoms with van der Waals surface area (Å²) in [6.45, 7) is 2.54. The minimum Gasteiger partial charge on any atom is -0.476 e. The van der Waals surface area contributed by atoms with Crippen molar-refractivity contribution in [1.29, 1.82) is 0 Å². The van der Waals surface area contributed by atoms with E-state index in [1.165, 1.54) is 6.07 Å². The van der Waals surface area contributed by atoms with Gasteiger partial charge < -0.3 is 10.4 Å². The van der Waals surface area contributed by atoms with Gasteiger partial charge in [0.25, 0.3) is 0 Å². The second kappa shape index (κ2) is 6.29. The molecule has 1 rings (SSSR count). The van der Waals surface area contributed by atoms with Crippen LogP contribution in [0.4, 0.5) is 5.82 Å². The van der Waals surface area contributed by atoms with Gasteiger partial charge in [0.05, 0.1) is 0 Å². The summed E-state index contributed by atoms with van der Waals surface area (Å²) in [5.74, 6) is -0.580. The van der Waals surface area contributed by atoms with E-state index in [4.69, 9.17) is 5.11 Å². The van der Waals surface area contributed by atoms with Gasteiger partial charge in [-0.25, -0.2) is 4.79 Å². The van der Waals surface area contributed by atoms with Crippen molar-refractivity contribution in [3.05, 3.63) is 17.8 Å². The first-order valence-electron chi connectivity index (χ1n) is 5.14. The maximum Gasteiger partial charge on any atom is 0.356 e. The largest absolute Gasteiger partial charge is 0.476 e. The average molecular weight is 257 g/mol. The van der Waals surface area contributed by atoms with Crippen LogP contribution in [0, 0.1) is 0 Å². The zero-order valence-electron chi connectivity index (χ0n) is 9.71. The molecule has 0 saturated heterocycles. The summed E-state index contributed by atoms with van der Waals surface area (Å²) in [6.07, 6.45) is 2.43. The van der Waals surface area contributed by atoms with E-state index in [1.54, 1.807) is 12.3 Å². The highest BCUT2D eigenvalue weighted by molar-refractivity contribution is 7.84. The minimum absolute atomic E-state index is 0.0846. The number of carboxylic acid groups (broad SMARTS) is 1. The number of carboxylic acids is 1. The topological polar surface area (TPSA) is 92.2 Å². The Morgan fingerprint density at radius 3 is 2.71 bits per heavy atom. The Kier molecular flexibility index (Phi) is 5.02. The Balaban J connectivity index is 2.42. The number of hydrogen-bond donors (Lipinski definition) is 2. The first-order valence-corrected chi connectivity index (χ1v) is 6.76. The summed E-state index contributed by atoms with van der Waals surface area (Å²) in [4.78, 5) is 10.5. The van der Waals surface area contributed by atoms with Crippen molar-refractivity contribution < 1.29 is 14.1 Å². The smallest absolute Gasteiger partial charge is 0.356 e. The molecule has 0 saturated carbocycles. The number of nitrogens with one attached hydrogen (secondary N) is 1. The van der Waals surface area contributed by atoms with Crippen molar-refractivity contribution in [1.82, 2.24) is 10.2 Å². The van der Waals surface area contributed by atoms with Gasteiger partial charge in [-0.2, -0.15) is 0 Å². The highest BCUT2D eigenvalue weighted by atomic mass is 32.2. The third-order valence-corrected chi connectivity index (χ3v) is 3.68. The summed E-state index contributed by atoms with van der Waals surface area (Å²) in [6, 6.07) is 2.95. The lowest BCUT2D eigenvalue weighted by atomic mass is 10.3. The molecule has 1 aromatic rings. The SMILES string of the molecule is CC(CCNc1ccc(C(=O)O)nn1)S(C)=O. The molecule has 0 bridgehead atoms. The molecule has 2 atom stereocenters. The minimum atomic E-state index is -1.10. The van der Waals surface area contributed by atoms with Crippen LogP contribution in [-0.2, 0) is 10.8 Å². The zero-order valence-corrected chi connectivity index (χ0v) is 10.5. The van der Waals surface area contributed by atoms with Crippen LogP contribution < -0.4 is 5.32 Å². The van der Waals surface area contributed by atoms with Crippen molar-refractivity contribution in [3.63, 3.8) is 0 Å². The maximum absolute atomic E-state index is 11.1. The quantitative estimate of drug-likeness (QED) is 0.781. The molecule has 1 aromatic heterocycles. The maximum atomic E-state index is 11.1. The van der Waals surface area contributed by atoms with Gasteiger partial charge in [0.1, 0.15) is 5.82 Å². The first-order chi connectivity index (χ1) is 8.00. The molecule has 94 valence electrons. The molecule has 2 unspecified atom stereocenters. The first kappa shape index (κ1) is 13.6. The monoisotopic (exact) mass is 257 g/mol. The highest BCUT2D eigenvalue weighted by Gasteiger charge is 2.07. The second-order valence-corrected chi connectivity index (χ2v) is 5.44. The Morgan fingerprint density at radius 1 is 1.53 bits per heavy atom. The molecule has 0 spiro atoms. The van der Waals surface area contributed by atoms with Crippen LogP contribution in [0.15, 0.2) is 12.1 Å². The fourth-order valence-corrected chi connectivity index (χ4v) is 1.56. The number of hydrogen-bond acceptors (Lipinski definition) is 5. The number of rotatable bonds is 6. The molecule has 0 amide bonds. The van der Waals surface area contributed by atoms with Crippen molar-refractivity contribution in [3.8, 4) is 0 Å². The Bertz CT molecular complexity index is 408. The van der Waals surface area contributed by atoms with Crippen LogP contribution >= 0.6 is 0 Å². The van der Waals surface area contributed by atoms with Crippen molar-refractivity contribution in [2.45, 2.75) is 18.6 Å². The number of nitrogens with zero attached hydrogens (tertiary/aromatic N) is 2. The van der Waals surface area contributed by atoms with Crippen LogP contribution in [0.2, 0.25) is 0 Å². The number of aromatic carboxylic acids is 1. The molecule has 7 heteroatoms. The molecule has 0 aliphatic heterocycles. The van der Waals surface area contributed by atoms with E-state index >= 15 is 0 Å². The van der Waals surface area contributed by atoms with Crippen LogP contribution in [-0.4, -0.2) is 43.5 Å². The summed E-state index contributed by atoms with van der Waals surface area (Å²) >= 11 is 0. The van der Waals surface area contributed by atoms with Crippen molar-refractivity contribution in [2.75, 3.05) is 18.1 Å². The van der Waals surface area contributed by atoms with Gasteiger partial charge in [0, 0.05) is 28.9 Å². The van der Waals surface area contributed by atoms with E-state index in [9.17, 15) is 9.00 Å². The second-order valence-electron chi connectivity index (χ2n) is 3.63. The van der Waals surface area contributed by atoms with Crippen LogP contribution in [0.3, 0.4) is 0 Å². The van der Waals surface area contributed by atoms with Gasteiger partial charge in [-0.15, -0.1) is 10.2 Å². The van der Waals surface area contributed by atoms with Gasteiger partial charge in [0.2, 0.25) is 0 Å². The summed E-state index contributed by atoms with van der Waals surface area (Å²) in [7, 11) is -0.832. The molecule has 0 radical (unpaired) electrons. The fraction of sp³-hybridized carbons (Fsp3) is 0.500. The predicted octanol–water partition coefficient (Wildman–Crippen LogP) is 0.744. The van der Waals surface area contributed by atoms with Gasteiger partial charge >= 0.3 is 5.97 Å². The molecule has 17 heavy (non-hydrogen) atoms. The Hall–Kier alpha value is -1.50. The van der Waals surface area contributed by atoms with Crippen LogP contribution in [0.25, 0.3) is 0 Å². The lowest BCUT2D eigenvalue weighted by Crippen LogP contribution is -2.15. The average Bonchev–Trinajstić information content (AvgIpc) is 2.29. The molecule has 6 nitrogen and oxygen atoms in total. The molecule has 1 heterocycles. The van der Waals surface area contributed by atoms with E-state index in [1.807, 2.05) is 6.92 Å². The zero-order chi connectivity index (χ0) is 12.8. The molecule has 0 aromatic carbocycles. The molecule has 2 N–H and O–H groups in total. The fourth-order valence-electron chi connectivity index (χ4n) is 1.11. The Morgan fingerprint density at radius 2 is 2.24 bits per heavy atom. The van der Waals surface area contributed by atoms with E-state index in [0.29, 0.717) is 12.4 Å². The van der Waals surface area contributed by atoms with E-state index in [-0.39, 0.29) is 10.9 Å². The van der Waals surface area contributed by atoms with Crippen LogP contribution in [0.1, 0.15) is 23.8 Å². The molecule has 0 aliphatic rings. The third kappa shape index (κ3) is 4.48. The van der Waals surface area contributed by atoms with Crippen molar-refractivity contribution >= 4 is 22.6 Å². The number of aromatic nitrogens is 2. The van der Waals surface area contributed by atoms with Crippen LogP contribution in [0.5, 0.6) is 0 Å². The van der Waals surface area contributed by atoms with E-state index in [0.717, 1.165) is 6.42 Å². The number of anilines is 1. The standard InChI is InChI=1S/C10H15N3O3S/c1-7(17(2)16)5-6-11-9-4-3-8(10(14)15)12-13-9/h3-4,7H,5-6H2,1-2H3,(H,11,13)(H,14,15). The summed E-state index contributed by atoms with van der Waals surface area (Å²) < 4.78 is 11.1. The molecular formula is C10H15N3O3S.